The lowest BCUT2D eigenvalue weighted by atomic mass is 10.0. The molecule has 2 aromatic rings. The fourth-order valence-corrected chi connectivity index (χ4v) is 2.53. The highest BCUT2D eigenvalue weighted by molar-refractivity contribution is 5.78. The van der Waals surface area contributed by atoms with E-state index in [2.05, 4.69) is 20.3 Å². The summed E-state index contributed by atoms with van der Waals surface area (Å²) in [5.74, 6) is 0. The van der Waals surface area contributed by atoms with Gasteiger partial charge in [0.25, 0.3) is 5.56 Å². The van der Waals surface area contributed by atoms with Crippen LogP contribution in [0.1, 0.15) is 11.6 Å². The van der Waals surface area contributed by atoms with Crippen LogP contribution in [0, 0.1) is 0 Å². The molecule has 1 aliphatic rings. The predicted octanol–water partition coefficient (Wildman–Crippen LogP) is -2.02. The van der Waals surface area contributed by atoms with Crippen molar-refractivity contribution in [1.82, 2.24) is 20.3 Å². The molecule has 0 spiro atoms. The van der Waals surface area contributed by atoms with E-state index in [4.69, 9.17) is 5.11 Å². The van der Waals surface area contributed by atoms with E-state index < -0.39 is 29.9 Å². The van der Waals surface area contributed by atoms with Crippen molar-refractivity contribution in [2.75, 3.05) is 6.61 Å². The Labute approximate surface area is 107 Å². The van der Waals surface area contributed by atoms with Crippen molar-refractivity contribution in [2.45, 2.75) is 24.3 Å². The predicted molar refractivity (Wildman–Crippen MR) is 65.5 cm³/mol. The third kappa shape index (κ3) is 1.77. The first kappa shape index (κ1) is 12.3. The third-order valence-electron chi connectivity index (χ3n) is 3.54. The number of hydrogen-bond donors (Lipinski definition) is 6. The zero-order chi connectivity index (χ0) is 13.6. The molecule has 19 heavy (non-hydrogen) atoms. The van der Waals surface area contributed by atoms with E-state index in [-0.39, 0.29) is 6.61 Å². The minimum atomic E-state index is -1.06. The van der Waals surface area contributed by atoms with E-state index in [0.717, 1.165) is 0 Å². The maximum Gasteiger partial charge on any atom is 0.296 e. The molecular weight excluding hydrogens is 252 g/mol. The zero-order valence-corrected chi connectivity index (χ0v) is 9.87. The number of aliphatic hydroxyl groups excluding tert-OH is 3. The second kappa shape index (κ2) is 4.42. The van der Waals surface area contributed by atoms with Crippen LogP contribution in [0.2, 0.25) is 0 Å². The lowest BCUT2D eigenvalue weighted by Crippen LogP contribution is -2.35. The number of fused-ring (bicyclic) bond motifs is 1. The maximum absolute atomic E-state index is 11.5. The van der Waals surface area contributed by atoms with Crippen LogP contribution >= 0.6 is 0 Å². The number of aromatic nitrogens is 3. The van der Waals surface area contributed by atoms with Gasteiger partial charge in [-0.05, 0) is 0 Å². The van der Waals surface area contributed by atoms with Gasteiger partial charge in [0, 0.05) is 11.8 Å². The number of nitrogens with one attached hydrogen (secondary N) is 3. The Balaban J connectivity index is 2.06. The van der Waals surface area contributed by atoms with Gasteiger partial charge in [0.2, 0.25) is 0 Å². The second-order valence-electron chi connectivity index (χ2n) is 4.62. The highest BCUT2D eigenvalue weighted by atomic mass is 16.3. The fraction of sp³-hybridized carbons (Fsp3) is 0.455. The highest BCUT2D eigenvalue weighted by Gasteiger charge is 2.42. The molecule has 0 radical (unpaired) electrons. The molecule has 0 aromatic carbocycles. The van der Waals surface area contributed by atoms with Gasteiger partial charge in [0.1, 0.15) is 11.6 Å². The number of rotatable bonds is 2. The summed E-state index contributed by atoms with van der Waals surface area (Å²) in [4.78, 5) is 20.8. The van der Waals surface area contributed by atoms with Gasteiger partial charge in [-0.1, -0.05) is 0 Å². The van der Waals surface area contributed by atoms with Crippen LogP contribution in [-0.2, 0) is 0 Å². The molecule has 6 N–H and O–H groups in total. The lowest BCUT2D eigenvalue weighted by molar-refractivity contribution is 0.0196. The number of hydrogen-bond acceptors (Lipinski definition) is 6. The van der Waals surface area contributed by atoms with Gasteiger partial charge in [-0.2, -0.15) is 4.98 Å². The molecule has 1 fully saturated rings. The van der Waals surface area contributed by atoms with Crippen molar-refractivity contribution in [3.63, 3.8) is 0 Å². The van der Waals surface area contributed by atoms with Gasteiger partial charge >= 0.3 is 0 Å². The zero-order valence-electron chi connectivity index (χ0n) is 9.87. The summed E-state index contributed by atoms with van der Waals surface area (Å²) in [6.07, 6.45) is 0.738. The van der Waals surface area contributed by atoms with E-state index >= 15 is 0 Å². The second-order valence-corrected chi connectivity index (χ2v) is 4.62. The van der Waals surface area contributed by atoms with E-state index in [1.165, 1.54) is 6.33 Å². The number of nitrogens with zero attached hydrogens (tertiary/aromatic N) is 1. The molecule has 3 rings (SSSR count). The van der Waals surface area contributed by atoms with Crippen molar-refractivity contribution in [3.8, 4) is 0 Å². The summed E-state index contributed by atoms with van der Waals surface area (Å²) in [6, 6.07) is -1.17. The molecule has 1 saturated heterocycles. The number of H-pyrrole nitrogens is 2. The molecule has 1 aliphatic heterocycles. The average Bonchev–Trinajstić information content (AvgIpc) is 2.94. The highest BCUT2D eigenvalue weighted by Crippen LogP contribution is 2.30. The van der Waals surface area contributed by atoms with E-state index in [1.54, 1.807) is 6.20 Å². The monoisotopic (exact) mass is 266 g/mol. The average molecular weight is 266 g/mol. The Morgan fingerprint density at radius 1 is 1.21 bits per heavy atom. The quantitative estimate of drug-likeness (QED) is 0.371. The van der Waals surface area contributed by atoms with Gasteiger partial charge in [-0.3, -0.25) is 4.79 Å². The van der Waals surface area contributed by atoms with Gasteiger partial charge < -0.3 is 30.6 Å². The summed E-state index contributed by atoms with van der Waals surface area (Å²) in [5, 5.41) is 31.9. The number of aliphatic hydroxyl groups is 3. The molecule has 8 heteroatoms. The van der Waals surface area contributed by atoms with Crippen LogP contribution in [0.4, 0.5) is 0 Å². The van der Waals surface area contributed by atoms with Crippen LogP contribution in [0.15, 0.2) is 17.3 Å². The summed E-state index contributed by atoms with van der Waals surface area (Å²) in [7, 11) is 0. The van der Waals surface area contributed by atoms with Gasteiger partial charge in [-0.15, -0.1) is 0 Å². The van der Waals surface area contributed by atoms with Crippen molar-refractivity contribution >= 4 is 11.0 Å². The smallest absolute Gasteiger partial charge is 0.296 e. The van der Waals surface area contributed by atoms with Crippen molar-refractivity contribution < 1.29 is 15.3 Å². The fourth-order valence-electron chi connectivity index (χ4n) is 2.53. The van der Waals surface area contributed by atoms with Crippen molar-refractivity contribution in [2.24, 2.45) is 0 Å². The summed E-state index contributed by atoms with van der Waals surface area (Å²) in [5.41, 5.74) is 1.07. The molecule has 4 atom stereocenters. The first-order valence-electron chi connectivity index (χ1n) is 5.91. The molecule has 2 aromatic heterocycles. The summed E-state index contributed by atoms with van der Waals surface area (Å²) < 4.78 is 0. The van der Waals surface area contributed by atoms with E-state index in [1.807, 2.05) is 0 Å². The van der Waals surface area contributed by atoms with E-state index in [0.29, 0.717) is 16.6 Å². The molecule has 8 nitrogen and oxygen atoms in total. The minimum absolute atomic E-state index is 0.283. The Hall–Kier alpha value is -1.74. The van der Waals surface area contributed by atoms with Crippen molar-refractivity contribution in [3.05, 3.63) is 28.4 Å². The van der Waals surface area contributed by atoms with E-state index in [9.17, 15) is 15.0 Å². The molecule has 102 valence electrons. The summed E-state index contributed by atoms with van der Waals surface area (Å²) in [6.45, 7) is -0.283. The Morgan fingerprint density at radius 2 is 2.00 bits per heavy atom. The largest absolute Gasteiger partial charge is 0.395 e. The lowest BCUT2D eigenvalue weighted by Gasteiger charge is -2.14. The van der Waals surface area contributed by atoms with Crippen LogP contribution < -0.4 is 10.9 Å². The van der Waals surface area contributed by atoms with Crippen LogP contribution in [0.3, 0.4) is 0 Å². The first-order chi connectivity index (χ1) is 9.13. The molecule has 1 unspecified atom stereocenters. The standard InChI is InChI=1S/C11H14N4O4/c16-2-5-9(17)10(18)7(15-5)4-1-12-8-6(4)13-3-14-11(8)19/h1,3,5,7,9-10,12,15-18H,2H2,(H,13,14,19)/t5-,7?,9-,10+/m1/s1. The first-order valence-corrected chi connectivity index (χ1v) is 5.91. The topological polar surface area (TPSA) is 134 Å². The third-order valence-corrected chi connectivity index (χ3v) is 3.54. The van der Waals surface area contributed by atoms with Crippen LogP contribution in [0.25, 0.3) is 11.0 Å². The normalized spacial score (nSPS) is 31.1. The summed E-state index contributed by atoms with van der Waals surface area (Å²) >= 11 is 0. The Kier molecular flexibility index (Phi) is 2.86. The van der Waals surface area contributed by atoms with Gasteiger partial charge in [0.15, 0.2) is 0 Å². The number of aromatic amines is 2. The van der Waals surface area contributed by atoms with Crippen LogP contribution in [0.5, 0.6) is 0 Å². The van der Waals surface area contributed by atoms with Gasteiger partial charge in [-0.25, -0.2) is 0 Å². The molecule has 0 amide bonds. The molecule has 0 aliphatic carbocycles. The molecular formula is C11H14N4O4. The van der Waals surface area contributed by atoms with Crippen molar-refractivity contribution in [1.29, 1.82) is 0 Å². The minimum Gasteiger partial charge on any atom is -0.395 e. The Morgan fingerprint density at radius 3 is 2.68 bits per heavy atom. The Bertz CT molecular complexity index is 651. The van der Waals surface area contributed by atoms with Crippen LogP contribution in [-0.4, -0.2) is 55.1 Å². The van der Waals surface area contributed by atoms with Gasteiger partial charge in [0.05, 0.1) is 36.6 Å². The molecule has 3 heterocycles. The maximum atomic E-state index is 11.5. The molecule has 0 saturated carbocycles. The SMILES string of the molecule is O=c1nc[nH]c2c(C3N[C@H](CO)[C@@H](O)[C@H]3O)c[nH]c12. The molecule has 0 bridgehead atoms.